The van der Waals surface area contributed by atoms with Gasteiger partial charge in [-0.1, -0.05) is 0 Å². The SMILES string of the molecule is CNC1CCN(S(=O)(=O)c2ccc3c(c2)OCCO3)CC1. The van der Waals surface area contributed by atoms with E-state index in [4.69, 9.17) is 9.47 Å². The Morgan fingerprint density at radius 2 is 1.81 bits per heavy atom. The molecule has 0 radical (unpaired) electrons. The molecule has 0 aromatic heterocycles. The first-order valence-corrected chi connectivity index (χ1v) is 8.62. The summed E-state index contributed by atoms with van der Waals surface area (Å²) in [6.07, 6.45) is 1.67. The van der Waals surface area contributed by atoms with Gasteiger partial charge in [0.15, 0.2) is 11.5 Å². The second-order valence-corrected chi connectivity index (χ2v) is 7.21. The summed E-state index contributed by atoms with van der Waals surface area (Å²) in [5.41, 5.74) is 0. The smallest absolute Gasteiger partial charge is 0.243 e. The lowest BCUT2D eigenvalue weighted by molar-refractivity contribution is 0.171. The van der Waals surface area contributed by atoms with Gasteiger partial charge in [0.1, 0.15) is 13.2 Å². The van der Waals surface area contributed by atoms with Gasteiger partial charge in [-0.15, -0.1) is 0 Å². The van der Waals surface area contributed by atoms with E-state index in [1.807, 2.05) is 7.05 Å². The number of rotatable bonds is 3. The van der Waals surface area contributed by atoms with Crippen LogP contribution in [0, 0.1) is 0 Å². The van der Waals surface area contributed by atoms with Gasteiger partial charge in [0, 0.05) is 25.2 Å². The van der Waals surface area contributed by atoms with E-state index in [0.717, 1.165) is 12.8 Å². The molecule has 1 aromatic rings. The van der Waals surface area contributed by atoms with E-state index in [-0.39, 0.29) is 4.90 Å². The lowest BCUT2D eigenvalue weighted by atomic mass is 10.1. The Morgan fingerprint density at radius 3 is 2.48 bits per heavy atom. The summed E-state index contributed by atoms with van der Waals surface area (Å²) >= 11 is 0. The molecule has 2 aliphatic rings. The molecule has 2 heterocycles. The summed E-state index contributed by atoms with van der Waals surface area (Å²) in [6.45, 7) is 2.03. The van der Waals surface area contributed by atoms with Crippen molar-refractivity contribution >= 4 is 10.0 Å². The van der Waals surface area contributed by atoms with Crippen LogP contribution in [0.25, 0.3) is 0 Å². The van der Waals surface area contributed by atoms with Crippen molar-refractivity contribution < 1.29 is 17.9 Å². The first-order chi connectivity index (χ1) is 10.1. The lowest BCUT2D eigenvalue weighted by Crippen LogP contribution is -2.43. The molecule has 0 spiro atoms. The maximum absolute atomic E-state index is 12.7. The largest absolute Gasteiger partial charge is 0.486 e. The minimum absolute atomic E-state index is 0.273. The third-order valence-corrected chi connectivity index (χ3v) is 5.91. The van der Waals surface area contributed by atoms with Crippen LogP contribution >= 0.6 is 0 Å². The molecule has 0 unspecified atom stereocenters. The van der Waals surface area contributed by atoms with Gasteiger partial charge >= 0.3 is 0 Å². The van der Waals surface area contributed by atoms with Crippen LogP contribution in [0.3, 0.4) is 0 Å². The molecule has 2 aliphatic heterocycles. The fourth-order valence-corrected chi connectivity index (χ4v) is 4.20. The predicted octanol–water partition coefficient (Wildman–Crippen LogP) is 0.830. The number of benzene rings is 1. The zero-order chi connectivity index (χ0) is 14.9. The van der Waals surface area contributed by atoms with Crippen molar-refractivity contribution in [2.75, 3.05) is 33.4 Å². The van der Waals surface area contributed by atoms with Crippen molar-refractivity contribution in [1.82, 2.24) is 9.62 Å². The van der Waals surface area contributed by atoms with Gasteiger partial charge in [0.2, 0.25) is 10.0 Å². The van der Waals surface area contributed by atoms with Crippen molar-refractivity contribution in [2.24, 2.45) is 0 Å². The number of hydrogen-bond acceptors (Lipinski definition) is 5. The number of nitrogens with zero attached hydrogens (tertiary/aromatic N) is 1. The van der Waals surface area contributed by atoms with Crippen molar-refractivity contribution in [2.45, 2.75) is 23.8 Å². The monoisotopic (exact) mass is 312 g/mol. The molecule has 1 aromatic carbocycles. The number of piperidine rings is 1. The molecular formula is C14H20N2O4S. The Bertz CT molecular complexity index is 609. The first kappa shape index (κ1) is 14.6. The van der Waals surface area contributed by atoms with E-state index in [1.165, 1.54) is 0 Å². The van der Waals surface area contributed by atoms with Crippen molar-refractivity contribution in [1.29, 1.82) is 0 Å². The molecular weight excluding hydrogens is 292 g/mol. The molecule has 1 saturated heterocycles. The normalized spacial score (nSPS) is 20.4. The van der Waals surface area contributed by atoms with Crippen LogP contribution in [0.1, 0.15) is 12.8 Å². The highest BCUT2D eigenvalue weighted by atomic mass is 32.2. The average molecular weight is 312 g/mol. The van der Waals surface area contributed by atoms with E-state index in [2.05, 4.69) is 5.32 Å². The van der Waals surface area contributed by atoms with Gasteiger partial charge in [0.05, 0.1) is 4.90 Å². The molecule has 0 atom stereocenters. The van der Waals surface area contributed by atoms with E-state index in [9.17, 15) is 8.42 Å². The van der Waals surface area contributed by atoms with Crippen LogP contribution in [0.2, 0.25) is 0 Å². The molecule has 0 saturated carbocycles. The molecule has 3 rings (SSSR count). The third-order valence-electron chi connectivity index (χ3n) is 4.01. The third kappa shape index (κ3) is 2.86. The fraction of sp³-hybridized carbons (Fsp3) is 0.571. The highest BCUT2D eigenvalue weighted by molar-refractivity contribution is 7.89. The van der Waals surface area contributed by atoms with Gasteiger partial charge < -0.3 is 14.8 Å². The number of hydrogen-bond donors (Lipinski definition) is 1. The molecule has 21 heavy (non-hydrogen) atoms. The van der Waals surface area contributed by atoms with Crippen LogP contribution < -0.4 is 14.8 Å². The average Bonchev–Trinajstić information content (AvgIpc) is 2.54. The number of sulfonamides is 1. The van der Waals surface area contributed by atoms with E-state index >= 15 is 0 Å². The molecule has 1 N–H and O–H groups in total. The standard InChI is InChI=1S/C14H20N2O4S/c1-15-11-4-6-16(7-5-11)21(17,18)12-2-3-13-14(10-12)20-9-8-19-13/h2-3,10-11,15H,4-9H2,1H3. The fourth-order valence-electron chi connectivity index (χ4n) is 2.72. The van der Waals surface area contributed by atoms with Crippen LogP contribution in [0.15, 0.2) is 23.1 Å². The topological polar surface area (TPSA) is 67.9 Å². The van der Waals surface area contributed by atoms with E-state index in [0.29, 0.717) is 43.8 Å². The van der Waals surface area contributed by atoms with Gasteiger partial charge in [0.25, 0.3) is 0 Å². The van der Waals surface area contributed by atoms with Gasteiger partial charge in [-0.2, -0.15) is 4.31 Å². The minimum atomic E-state index is -3.46. The van der Waals surface area contributed by atoms with E-state index < -0.39 is 10.0 Å². The van der Waals surface area contributed by atoms with E-state index in [1.54, 1.807) is 22.5 Å². The minimum Gasteiger partial charge on any atom is -0.486 e. The highest BCUT2D eigenvalue weighted by Gasteiger charge is 2.29. The van der Waals surface area contributed by atoms with Crippen molar-refractivity contribution in [3.63, 3.8) is 0 Å². The Morgan fingerprint density at radius 1 is 1.14 bits per heavy atom. The van der Waals surface area contributed by atoms with Crippen molar-refractivity contribution in [3.8, 4) is 11.5 Å². The molecule has 116 valence electrons. The molecule has 0 bridgehead atoms. The molecule has 7 heteroatoms. The lowest BCUT2D eigenvalue weighted by Gasteiger charge is -2.31. The van der Waals surface area contributed by atoms with Gasteiger partial charge in [-0.05, 0) is 32.0 Å². The Hall–Kier alpha value is -1.31. The Kier molecular flexibility index (Phi) is 4.05. The van der Waals surface area contributed by atoms with Crippen LogP contribution in [-0.2, 0) is 10.0 Å². The number of nitrogens with one attached hydrogen (secondary N) is 1. The van der Waals surface area contributed by atoms with Gasteiger partial charge in [-0.3, -0.25) is 0 Å². The van der Waals surface area contributed by atoms with Crippen molar-refractivity contribution in [3.05, 3.63) is 18.2 Å². The second kappa shape index (κ2) is 5.82. The highest BCUT2D eigenvalue weighted by Crippen LogP contribution is 2.33. The Labute approximate surface area is 125 Å². The number of ether oxygens (including phenoxy) is 2. The Balaban J connectivity index is 1.82. The number of fused-ring (bicyclic) bond motifs is 1. The van der Waals surface area contributed by atoms with Crippen LogP contribution in [-0.4, -0.2) is 52.1 Å². The second-order valence-electron chi connectivity index (χ2n) is 5.27. The van der Waals surface area contributed by atoms with Crippen LogP contribution in [0.4, 0.5) is 0 Å². The predicted molar refractivity (Wildman–Crippen MR) is 78.3 cm³/mol. The summed E-state index contributed by atoms with van der Waals surface area (Å²) < 4.78 is 37.8. The summed E-state index contributed by atoms with van der Waals surface area (Å²) in [4.78, 5) is 0.273. The molecule has 1 fully saturated rings. The van der Waals surface area contributed by atoms with Gasteiger partial charge in [-0.25, -0.2) is 8.42 Å². The molecule has 0 aliphatic carbocycles. The zero-order valence-electron chi connectivity index (χ0n) is 12.0. The quantitative estimate of drug-likeness (QED) is 0.895. The summed E-state index contributed by atoms with van der Waals surface area (Å²) in [5, 5.41) is 3.20. The maximum Gasteiger partial charge on any atom is 0.243 e. The molecule has 6 nitrogen and oxygen atoms in total. The maximum atomic E-state index is 12.7. The first-order valence-electron chi connectivity index (χ1n) is 7.18. The van der Waals surface area contributed by atoms with Crippen LogP contribution in [0.5, 0.6) is 11.5 Å². The molecule has 0 amide bonds. The summed E-state index contributed by atoms with van der Waals surface area (Å²) in [6, 6.07) is 5.22. The summed E-state index contributed by atoms with van der Waals surface area (Å²) in [7, 11) is -1.54. The summed E-state index contributed by atoms with van der Waals surface area (Å²) in [5.74, 6) is 1.11. The zero-order valence-corrected chi connectivity index (χ0v) is 12.9.